The van der Waals surface area contributed by atoms with E-state index in [1.807, 2.05) is 4.98 Å². The van der Waals surface area contributed by atoms with Gasteiger partial charge in [-0.3, -0.25) is 19.1 Å². The molecular weight excluding hydrogens is 498 g/mol. The Labute approximate surface area is 211 Å². The molecule has 16 heteroatoms. The van der Waals surface area contributed by atoms with Crippen molar-refractivity contribution < 1.29 is 44.2 Å². The Morgan fingerprint density at radius 2 is 1.95 bits per heavy atom. The van der Waals surface area contributed by atoms with Crippen LogP contribution in [0.25, 0.3) is 0 Å². The van der Waals surface area contributed by atoms with Crippen molar-refractivity contribution in [3.05, 3.63) is 33.1 Å². The number of methoxy groups -OCH3 is 1. The molecule has 0 aromatic carbocycles. The van der Waals surface area contributed by atoms with Crippen molar-refractivity contribution in [3.8, 4) is 0 Å². The summed E-state index contributed by atoms with van der Waals surface area (Å²) in [6.45, 7) is 0.749. The second-order valence-electron chi connectivity index (χ2n) is 8.79. The molecule has 16 nitrogen and oxygen atoms in total. The Morgan fingerprint density at radius 1 is 1.22 bits per heavy atom. The lowest BCUT2D eigenvalue weighted by atomic mass is 9.98. The Hall–Kier alpha value is -2.25. The molecule has 210 valence electrons. The number of aliphatic hydroxyl groups is 3. The molecule has 0 saturated carbocycles. The number of aromatic amines is 1. The van der Waals surface area contributed by atoms with E-state index in [0.29, 0.717) is 13.0 Å². The number of carboxylic acids is 1. The van der Waals surface area contributed by atoms with Gasteiger partial charge >= 0.3 is 11.7 Å². The van der Waals surface area contributed by atoms with Crippen LogP contribution in [0, 0.1) is 0 Å². The predicted molar refractivity (Wildman–Crippen MR) is 125 cm³/mol. The number of hydrogen-bond donors (Lipinski definition) is 8. The summed E-state index contributed by atoms with van der Waals surface area (Å²) in [4.78, 5) is 38.1. The van der Waals surface area contributed by atoms with E-state index in [0.717, 1.165) is 16.8 Å². The minimum Gasteiger partial charge on any atom is -0.480 e. The molecule has 2 saturated heterocycles. The number of rotatable bonds is 13. The van der Waals surface area contributed by atoms with Crippen molar-refractivity contribution in [1.29, 1.82) is 0 Å². The van der Waals surface area contributed by atoms with Gasteiger partial charge in [-0.05, 0) is 26.6 Å². The van der Waals surface area contributed by atoms with Gasteiger partial charge in [-0.1, -0.05) is 0 Å². The maximum absolute atomic E-state index is 12.3. The number of nitrogens with one attached hydrogen (secondary N) is 3. The number of ether oxygens (including phenoxy) is 4. The van der Waals surface area contributed by atoms with Gasteiger partial charge in [-0.25, -0.2) is 4.79 Å². The third-order valence-corrected chi connectivity index (χ3v) is 6.38. The molecule has 10 unspecified atom stereocenters. The molecule has 0 radical (unpaired) electrons. The standard InChI is InChI=1S/C21H35N5O11/c1-23-5-3-6-24-11(19(31)32)15(37-20-17(34-2)12(28)9(8-22)35-20)16-13(29)14(30)18(36-16)26-7-4-10(27)25-21(26)33/h4,7,9,11-18,20,23-24,28-30H,3,5-6,8,22H2,1-2H3,(H,31,32)(H,25,27,33). The highest BCUT2D eigenvalue weighted by atomic mass is 16.7. The molecule has 3 rings (SSSR count). The van der Waals surface area contributed by atoms with Gasteiger partial charge in [0.2, 0.25) is 0 Å². The summed E-state index contributed by atoms with van der Waals surface area (Å²) < 4.78 is 23.6. The van der Waals surface area contributed by atoms with Crippen molar-refractivity contribution in [2.24, 2.45) is 5.73 Å². The first kappa shape index (κ1) is 29.3. The lowest BCUT2D eigenvalue weighted by molar-refractivity contribution is -0.231. The van der Waals surface area contributed by atoms with Crippen LogP contribution in [0.5, 0.6) is 0 Å². The van der Waals surface area contributed by atoms with Gasteiger partial charge in [0, 0.05) is 25.9 Å². The molecule has 2 aliphatic rings. The molecule has 2 fully saturated rings. The normalized spacial score (nSPS) is 33.5. The topological polar surface area (TPSA) is 240 Å². The van der Waals surface area contributed by atoms with Gasteiger partial charge in [0.05, 0.1) is 0 Å². The van der Waals surface area contributed by atoms with Crippen molar-refractivity contribution >= 4 is 5.97 Å². The monoisotopic (exact) mass is 533 g/mol. The molecule has 1 aromatic rings. The fourth-order valence-electron chi connectivity index (χ4n) is 4.44. The van der Waals surface area contributed by atoms with E-state index in [4.69, 9.17) is 24.7 Å². The summed E-state index contributed by atoms with van der Waals surface area (Å²) in [7, 11) is 3.04. The van der Waals surface area contributed by atoms with Crippen LogP contribution >= 0.6 is 0 Å². The first-order valence-electron chi connectivity index (χ1n) is 11.8. The fraction of sp³-hybridized carbons (Fsp3) is 0.762. The van der Waals surface area contributed by atoms with Crippen LogP contribution in [0.2, 0.25) is 0 Å². The van der Waals surface area contributed by atoms with E-state index in [1.165, 1.54) is 7.11 Å². The van der Waals surface area contributed by atoms with Gasteiger partial charge in [-0.15, -0.1) is 0 Å². The number of nitrogens with two attached hydrogens (primary N) is 1. The van der Waals surface area contributed by atoms with E-state index in [1.54, 1.807) is 7.05 Å². The summed E-state index contributed by atoms with van der Waals surface area (Å²) in [5.41, 5.74) is 4.05. The zero-order valence-corrected chi connectivity index (χ0v) is 20.4. The number of nitrogens with zero attached hydrogens (tertiary/aromatic N) is 1. The Bertz CT molecular complexity index is 1010. The summed E-state index contributed by atoms with van der Waals surface area (Å²) in [6.07, 6.45) is -10.6. The summed E-state index contributed by atoms with van der Waals surface area (Å²) in [5, 5.41) is 47.8. The van der Waals surface area contributed by atoms with Gasteiger partial charge in [0.25, 0.3) is 5.56 Å². The highest BCUT2D eigenvalue weighted by Crippen LogP contribution is 2.34. The molecule has 0 aliphatic carbocycles. The number of aliphatic hydroxyl groups excluding tert-OH is 3. The highest BCUT2D eigenvalue weighted by molar-refractivity contribution is 5.74. The maximum Gasteiger partial charge on any atom is 0.330 e. The van der Waals surface area contributed by atoms with Crippen LogP contribution in [0.4, 0.5) is 0 Å². The smallest absolute Gasteiger partial charge is 0.330 e. The zero-order valence-electron chi connectivity index (χ0n) is 20.4. The Balaban J connectivity index is 1.94. The lowest BCUT2D eigenvalue weighted by Crippen LogP contribution is -2.57. The number of H-pyrrole nitrogens is 1. The van der Waals surface area contributed by atoms with Crippen LogP contribution < -0.4 is 27.6 Å². The molecular formula is C21H35N5O11. The minimum absolute atomic E-state index is 0.0748. The molecule has 0 spiro atoms. The number of hydrogen-bond acceptors (Lipinski definition) is 13. The van der Waals surface area contributed by atoms with Crippen LogP contribution in [0.15, 0.2) is 21.9 Å². The van der Waals surface area contributed by atoms with Crippen LogP contribution in [0.1, 0.15) is 12.6 Å². The fourth-order valence-corrected chi connectivity index (χ4v) is 4.44. The minimum atomic E-state index is -1.72. The van der Waals surface area contributed by atoms with E-state index < -0.39 is 78.5 Å². The average Bonchev–Trinajstić information content (AvgIpc) is 3.32. The van der Waals surface area contributed by atoms with Gasteiger partial charge in [0.15, 0.2) is 12.5 Å². The molecule has 10 atom stereocenters. The quantitative estimate of drug-likeness (QED) is 0.111. The van der Waals surface area contributed by atoms with E-state index >= 15 is 0 Å². The largest absolute Gasteiger partial charge is 0.480 e. The van der Waals surface area contributed by atoms with Gasteiger partial charge in [-0.2, -0.15) is 0 Å². The molecule has 9 N–H and O–H groups in total. The second-order valence-corrected chi connectivity index (χ2v) is 8.79. The van der Waals surface area contributed by atoms with E-state index in [2.05, 4.69) is 10.6 Å². The first-order valence-corrected chi connectivity index (χ1v) is 11.8. The third kappa shape index (κ3) is 6.43. The molecule has 2 aliphatic heterocycles. The maximum atomic E-state index is 12.3. The Kier molecular flexibility index (Phi) is 10.3. The van der Waals surface area contributed by atoms with E-state index in [-0.39, 0.29) is 13.1 Å². The van der Waals surface area contributed by atoms with Crippen molar-refractivity contribution in [2.75, 3.05) is 33.8 Å². The predicted octanol–water partition coefficient (Wildman–Crippen LogP) is -4.75. The summed E-state index contributed by atoms with van der Waals surface area (Å²) in [5.74, 6) is -1.35. The number of aliphatic carboxylic acids is 1. The molecule has 0 amide bonds. The summed E-state index contributed by atoms with van der Waals surface area (Å²) in [6, 6.07) is -0.455. The molecule has 37 heavy (non-hydrogen) atoms. The van der Waals surface area contributed by atoms with Crippen LogP contribution in [-0.2, 0) is 23.7 Å². The summed E-state index contributed by atoms with van der Waals surface area (Å²) >= 11 is 0. The van der Waals surface area contributed by atoms with Crippen molar-refractivity contribution in [1.82, 2.24) is 20.2 Å². The third-order valence-electron chi connectivity index (χ3n) is 6.38. The van der Waals surface area contributed by atoms with Gasteiger partial charge < -0.3 is 55.7 Å². The first-order chi connectivity index (χ1) is 17.6. The van der Waals surface area contributed by atoms with Crippen LogP contribution in [0.3, 0.4) is 0 Å². The van der Waals surface area contributed by atoms with E-state index in [9.17, 15) is 34.8 Å². The van der Waals surface area contributed by atoms with Crippen LogP contribution in [-0.4, -0.2) is 125 Å². The molecule has 0 bridgehead atoms. The lowest BCUT2D eigenvalue weighted by Gasteiger charge is -2.34. The van der Waals surface area contributed by atoms with Gasteiger partial charge in [0.1, 0.15) is 48.8 Å². The number of aromatic nitrogens is 2. The molecule has 1 aromatic heterocycles. The average molecular weight is 534 g/mol. The molecule has 3 heterocycles. The van der Waals surface area contributed by atoms with Crippen molar-refractivity contribution in [2.45, 2.75) is 67.7 Å². The number of carboxylic acid groups (broad SMARTS) is 1. The SMILES string of the molecule is CNCCCNC(C(=O)O)C(OC1OC(CN)C(O)C1OC)C1OC(n2ccc(=O)[nH]c2=O)C(O)C1O. The highest BCUT2D eigenvalue weighted by Gasteiger charge is 2.54. The zero-order chi connectivity index (χ0) is 27.3. The number of carbonyl (C=O) groups is 1. The Morgan fingerprint density at radius 3 is 2.54 bits per heavy atom. The second kappa shape index (κ2) is 13.0. The van der Waals surface area contributed by atoms with Crippen molar-refractivity contribution in [3.63, 3.8) is 0 Å².